The summed E-state index contributed by atoms with van der Waals surface area (Å²) in [7, 11) is -6.62. The number of halogens is 1. The van der Waals surface area contributed by atoms with Gasteiger partial charge in [0.2, 0.25) is 20.0 Å². The summed E-state index contributed by atoms with van der Waals surface area (Å²) in [5.74, 6) is -1.17. The maximum absolute atomic E-state index is 13.8. The first-order valence-electron chi connectivity index (χ1n) is 6.01. The fraction of sp³-hybridized carbons (Fsp3) is 0.455. The highest BCUT2D eigenvalue weighted by Crippen LogP contribution is 2.25. The van der Waals surface area contributed by atoms with Gasteiger partial charge in [-0.05, 0) is 31.0 Å². The van der Waals surface area contributed by atoms with Crippen LogP contribution in [0, 0.1) is 5.82 Å². The van der Waals surface area contributed by atoms with E-state index in [0.717, 1.165) is 12.1 Å². The molecule has 0 aliphatic heterocycles. The summed E-state index contributed by atoms with van der Waals surface area (Å²) in [5, 5.41) is 4.85. The number of primary sulfonamides is 1. The summed E-state index contributed by atoms with van der Waals surface area (Å²) >= 11 is 0. The minimum Gasteiger partial charge on any atom is -0.381 e. The zero-order valence-electron chi connectivity index (χ0n) is 11.1. The average molecular weight is 338 g/mol. The summed E-state index contributed by atoms with van der Waals surface area (Å²) in [4.78, 5) is -1.10. The lowest BCUT2D eigenvalue weighted by Gasteiger charge is -2.34. The Balaban J connectivity index is 2.21. The molecule has 1 fully saturated rings. The van der Waals surface area contributed by atoms with Crippen molar-refractivity contribution in [1.82, 2.24) is 4.72 Å². The van der Waals surface area contributed by atoms with Gasteiger partial charge < -0.3 is 4.74 Å². The average Bonchev–Trinajstić information content (AvgIpc) is 2.31. The Bertz CT molecular complexity index is 742. The van der Waals surface area contributed by atoms with E-state index in [1.807, 2.05) is 0 Å². The molecule has 0 heterocycles. The molecule has 2 rings (SSSR count). The van der Waals surface area contributed by atoms with E-state index in [0.29, 0.717) is 18.9 Å². The lowest BCUT2D eigenvalue weighted by Crippen LogP contribution is -2.47. The number of benzene rings is 1. The maximum atomic E-state index is 13.8. The first-order chi connectivity index (χ1) is 9.63. The van der Waals surface area contributed by atoms with Crippen molar-refractivity contribution in [3.63, 3.8) is 0 Å². The van der Waals surface area contributed by atoms with Crippen molar-refractivity contribution in [2.75, 3.05) is 7.11 Å². The molecular formula is C11H15FN2O5S2. The second-order valence-corrected chi connectivity index (χ2v) is 8.03. The van der Waals surface area contributed by atoms with Crippen LogP contribution in [0.4, 0.5) is 4.39 Å². The number of hydrogen-bond acceptors (Lipinski definition) is 5. The van der Waals surface area contributed by atoms with Crippen LogP contribution < -0.4 is 9.86 Å². The molecule has 0 aromatic heterocycles. The molecule has 0 unspecified atom stereocenters. The molecule has 21 heavy (non-hydrogen) atoms. The van der Waals surface area contributed by atoms with Crippen molar-refractivity contribution >= 4 is 20.0 Å². The summed E-state index contributed by atoms with van der Waals surface area (Å²) in [6, 6.07) is 2.09. The molecule has 10 heteroatoms. The number of sulfonamides is 2. The van der Waals surface area contributed by atoms with Gasteiger partial charge in [0.1, 0.15) is 10.7 Å². The van der Waals surface area contributed by atoms with Crippen molar-refractivity contribution < 1.29 is 26.0 Å². The fourth-order valence-electron chi connectivity index (χ4n) is 2.01. The Labute approximate surface area is 122 Å². The summed E-state index contributed by atoms with van der Waals surface area (Å²) in [6.45, 7) is 0. The monoisotopic (exact) mass is 338 g/mol. The van der Waals surface area contributed by atoms with Crippen molar-refractivity contribution in [2.45, 2.75) is 34.8 Å². The second-order valence-electron chi connectivity index (χ2n) is 4.78. The summed E-state index contributed by atoms with van der Waals surface area (Å²) in [5.41, 5.74) is 0. The molecule has 0 bridgehead atoms. The number of nitrogens with one attached hydrogen (secondary N) is 1. The quantitative estimate of drug-likeness (QED) is 0.779. The van der Waals surface area contributed by atoms with E-state index in [2.05, 4.69) is 4.72 Å². The molecule has 3 N–H and O–H groups in total. The van der Waals surface area contributed by atoms with Crippen LogP contribution in [0.1, 0.15) is 12.8 Å². The first kappa shape index (κ1) is 16.3. The van der Waals surface area contributed by atoms with Crippen LogP contribution in [0.2, 0.25) is 0 Å². The van der Waals surface area contributed by atoms with Gasteiger partial charge in [-0.25, -0.2) is 31.1 Å². The SMILES string of the molecule is COC1CC(NS(=O)(=O)c2ccc(S(N)(=O)=O)cc2F)C1. The minimum absolute atomic E-state index is 0.00712. The second kappa shape index (κ2) is 5.61. The molecule has 0 saturated heterocycles. The van der Waals surface area contributed by atoms with Crippen LogP contribution >= 0.6 is 0 Å². The Hall–Kier alpha value is -1.07. The zero-order chi connectivity index (χ0) is 15.8. The van der Waals surface area contributed by atoms with Crippen LogP contribution in [-0.4, -0.2) is 36.1 Å². The molecule has 1 aromatic rings. The van der Waals surface area contributed by atoms with Gasteiger partial charge in [0.15, 0.2) is 0 Å². The number of methoxy groups -OCH3 is 1. The molecule has 1 aliphatic carbocycles. The third kappa shape index (κ3) is 3.58. The normalized spacial score (nSPS) is 22.8. The van der Waals surface area contributed by atoms with Crippen LogP contribution in [0.15, 0.2) is 28.0 Å². The summed E-state index contributed by atoms with van der Waals surface area (Å²) < 4.78 is 67.4. The van der Waals surface area contributed by atoms with E-state index in [-0.39, 0.29) is 12.1 Å². The Morgan fingerprint density at radius 2 is 1.90 bits per heavy atom. The van der Waals surface area contributed by atoms with Crippen LogP contribution in [0.5, 0.6) is 0 Å². The molecule has 1 aromatic carbocycles. The van der Waals surface area contributed by atoms with Crippen molar-refractivity contribution in [2.24, 2.45) is 5.14 Å². The van der Waals surface area contributed by atoms with Crippen LogP contribution in [0.3, 0.4) is 0 Å². The highest BCUT2D eigenvalue weighted by molar-refractivity contribution is 7.89. The lowest BCUT2D eigenvalue weighted by atomic mass is 9.90. The standard InChI is InChI=1S/C11H15FN2O5S2/c1-19-8-4-7(5-8)14-21(17,18)11-3-2-9(6-10(11)12)20(13,15)16/h2-3,6-8,14H,4-5H2,1H3,(H2,13,15,16). The third-order valence-electron chi connectivity index (χ3n) is 3.27. The highest BCUT2D eigenvalue weighted by Gasteiger charge is 2.33. The Kier molecular flexibility index (Phi) is 4.36. The Morgan fingerprint density at radius 3 is 2.38 bits per heavy atom. The van der Waals surface area contributed by atoms with Gasteiger partial charge in [-0.15, -0.1) is 0 Å². The van der Waals surface area contributed by atoms with Crippen molar-refractivity contribution in [3.8, 4) is 0 Å². The molecule has 0 radical (unpaired) electrons. The van der Waals surface area contributed by atoms with Gasteiger partial charge in [0.25, 0.3) is 0 Å². The van der Waals surface area contributed by atoms with E-state index in [4.69, 9.17) is 9.88 Å². The van der Waals surface area contributed by atoms with Gasteiger partial charge in [-0.1, -0.05) is 0 Å². The predicted octanol–water partition coefficient (Wildman–Crippen LogP) is -0.0712. The molecule has 0 atom stereocenters. The van der Waals surface area contributed by atoms with Crippen LogP contribution in [-0.2, 0) is 24.8 Å². The summed E-state index contributed by atoms with van der Waals surface area (Å²) in [6.07, 6.45) is 1.01. The molecule has 7 nitrogen and oxygen atoms in total. The van der Waals surface area contributed by atoms with Crippen molar-refractivity contribution in [1.29, 1.82) is 0 Å². The lowest BCUT2D eigenvalue weighted by molar-refractivity contribution is 0.0236. The molecule has 0 amide bonds. The highest BCUT2D eigenvalue weighted by atomic mass is 32.2. The first-order valence-corrected chi connectivity index (χ1v) is 9.04. The van der Waals surface area contributed by atoms with Gasteiger partial charge in [-0.2, -0.15) is 0 Å². The third-order valence-corrected chi connectivity index (χ3v) is 5.74. The smallest absolute Gasteiger partial charge is 0.243 e. The van der Waals surface area contributed by atoms with Gasteiger partial charge in [0.05, 0.1) is 11.0 Å². The molecule has 118 valence electrons. The molecule has 1 saturated carbocycles. The largest absolute Gasteiger partial charge is 0.381 e. The topological polar surface area (TPSA) is 116 Å². The molecule has 1 aliphatic rings. The van der Waals surface area contributed by atoms with Crippen molar-refractivity contribution in [3.05, 3.63) is 24.0 Å². The molecule has 0 spiro atoms. The van der Waals surface area contributed by atoms with Gasteiger partial charge in [0, 0.05) is 13.2 Å². The number of hydrogen-bond donors (Lipinski definition) is 2. The maximum Gasteiger partial charge on any atom is 0.243 e. The molecular weight excluding hydrogens is 323 g/mol. The number of ether oxygens (including phenoxy) is 1. The van der Waals surface area contributed by atoms with Gasteiger partial charge in [-0.3, -0.25) is 0 Å². The number of nitrogens with two attached hydrogens (primary N) is 1. The minimum atomic E-state index is -4.09. The van der Waals surface area contributed by atoms with Crippen LogP contribution in [0.25, 0.3) is 0 Å². The number of rotatable bonds is 5. The zero-order valence-corrected chi connectivity index (χ0v) is 12.7. The Morgan fingerprint density at radius 1 is 1.29 bits per heavy atom. The van der Waals surface area contributed by atoms with E-state index in [9.17, 15) is 21.2 Å². The predicted molar refractivity (Wildman–Crippen MR) is 71.9 cm³/mol. The van der Waals surface area contributed by atoms with E-state index >= 15 is 0 Å². The van der Waals surface area contributed by atoms with E-state index < -0.39 is 35.7 Å². The van der Waals surface area contributed by atoms with Gasteiger partial charge >= 0.3 is 0 Å². The fourth-order valence-corrected chi connectivity index (χ4v) is 3.86. The van der Waals surface area contributed by atoms with E-state index in [1.165, 1.54) is 7.11 Å². The van der Waals surface area contributed by atoms with E-state index in [1.54, 1.807) is 0 Å².